The molecule has 1 amide bonds. The second kappa shape index (κ2) is 8.73. The fourth-order valence-electron chi connectivity index (χ4n) is 0.742. The smallest absolute Gasteiger partial charge is 0.222 e. The third-order valence-electron chi connectivity index (χ3n) is 1.73. The van der Waals surface area contributed by atoms with Crippen molar-refractivity contribution in [1.82, 2.24) is 4.90 Å². The van der Waals surface area contributed by atoms with Gasteiger partial charge in [-0.15, -0.1) is 0 Å². The summed E-state index contributed by atoms with van der Waals surface area (Å²) in [5, 5.41) is 0. The summed E-state index contributed by atoms with van der Waals surface area (Å²) in [5.41, 5.74) is 0. The second-order valence-corrected chi connectivity index (χ2v) is 3.41. The molecule has 0 atom stereocenters. The van der Waals surface area contributed by atoms with E-state index in [1.165, 1.54) is 4.90 Å². The van der Waals surface area contributed by atoms with Crippen LogP contribution in [0.5, 0.6) is 0 Å². The van der Waals surface area contributed by atoms with Crippen LogP contribution in [0.4, 0.5) is 0 Å². The summed E-state index contributed by atoms with van der Waals surface area (Å²) in [4.78, 5) is 23.7. The lowest BCUT2D eigenvalue weighted by Gasteiger charge is -2.09. The number of amides is 1. The minimum Gasteiger partial charge on any atom is -0.349 e. The van der Waals surface area contributed by atoms with Crippen LogP contribution >= 0.6 is 0 Å². The topological polar surface area (TPSA) is 37.4 Å². The third-order valence-corrected chi connectivity index (χ3v) is 1.73. The van der Waals surface area contributed by atoms with Gasteiger partial charge < -0.3 is 4.90 Å². The first-order valence-corrected chi connectivity index (χ1v) is 5.18. The van der Waals surface area contributed by atoms with Crippen molar-refractivity contribution in [3.63, 3.8) is 0 Å². The maximum absolute atomic E-state index is 11.1. The Morgan fingerprint density at radius 3 is 1.79 bits per heavy atom. The molecule has 0 unspecified atom stereocenters. The van der Waals surface area contributed by atoms with E-state index >= 15 is 0 Å². The number of hydrogen-bond donors (Lipinski definition) is 0. The van der Waals surface area contributed by atoms with Gasteiger partial charge in [0.25, 0.3) is 0 Å². The first-order valence-electron chi connectivity index (χ1n) is 5.18. The molecule has 0 rings (SSSR count). The molecule has 0 N–H and O–H groups in total. The van der Waals surface area contributed by atoms with Crippen LogP contribution in [-0.2, 0) is 9.59 Å². The zero-order valence-corrected chi connectivity index (χ0v) is 10.3. The van der Waals surface area contributed by atoms with Crippen LogP contribution in [0, 0.1) is 5.92 Å². The van der Waals surface area contributed by atoms with Gasteiger partial charge in [-0.25, -0.2) is 0 Å². The van der Waals surface area contributed by atoms with E-state index in [2.05, 4.69) is 0 Å². The van der Waals surface area contributed by atoms with Crippen molar-refractivity contribution in [1.29, 1.82) is 0 Å². The molecule has 0 spiro atoms. The normalized spacial score (nSPS) is 9.07. The Labute approximate surface area is 87.5 Å². The van der Waals surface area contributed by atoms with E-state index in [1.54, 1.807) is 14.1 Å². The Morgan fingerprint density at radius 1 is 1.07 bits per heavy atom. The van der Waals surface area contributed by atoms with Gasteiger partial charge >= 0.3 is 0 Å². The van der Waals surface area contributed by atoms with Gasteiger partial charge in [-0.05, 0) is 0 Å². The van der Waals surface area contributed by atoms with Crippen molar-refractivity contribution in [2.45, 2.75) is 40.5 Å². The van der Waals surface area contributed by atoms with Crippen LogP contribution in [0.2, 0.25) is 0 Å². The van der Waals surface area contributed by atoms with Crippen molar-refractivity contribution in [3.05, 3.63) is 0 Å². The number of carbonyl (C=O) groups excluding carboxylic acids is 2. The van der Waals surface area contributed by atoms with Crippen LogP contribution < -0.4 is 0 Å². The highest BCUT2D eigenvalue weighted by molar-refractivity contribution is 5.85. The molecular weight excluding hydrogens is 178 g/mol. The Morgan fingerprint density at radius 2 is 1.50 bits per heavy atom. The molecule has 0 aromatic carbocycles. The summed E-state index contributed by atoms with van der Waals surface area (Å²) < 4.78 is 0. The predicted octanol–water partition coefficient (Wildman–Crippen LogP) is 2.11. The summed E-state index contributed by atoms with van der Waals surface area (Å²) in [6.45, 7) is 7.70. The second-order valence-electron chi connectivity index (χ2n) is 3.41. The van der Waals surface area contributed by atoms with Crippen LogP contribution in [-0.4, -0.2) is 30.7 Å². The van der Waals surface area contributed by atoms with Crippen molar-refractivity contribution in [2.24, 2.45) is 5.92 Å². The molecular formula is C11H23NO2. The van der Waals surface area contributed by atoms with Crippen molar-refractivity contribution in [2.75, 3.05) is 14.1 Å². The molecule has 0 heterocycles. The van der Waals surface area contributed by atoms with Gasteiger partial charge in [-0.2, -0.15) is 0 Å². The number of ketones is 1. The fraction of sp³-hybridized carbons (Fsp3) is 0.818. The summed E-state index contributed by atoms with van der Waals surface area (Å²) in [5.74, 6) is 0.217. The minimum atomic E-state index is 0.0176. The van der Waals surface area contributed by atoms with Crippen LogP contribution in [0.15, 0.2) is 0 Å². The van der Waals surface area contributed by atoms with Crippen LogP contribution in [0.1, 0.15) is 40.5 Å². The number of Topliss-reactive ketones (excluding diaryl/α,β-unsaturated/α-hetero) is 1. The van der Waals surface area contributed by atoms with E-state index < -0.39 is 0 Å². The summed E-state index contributed by atoms with van der Waals surface area (Å²) >= 11 is 0. The third kappa shape index (κ3) is 7.77. The van der Waals surface area contributed by atoms with Gasteiger partial charge in [0.15, 0.2) is 0 Å². The molecule has 0 aromatic heterocycles. The molecule has 0 saturated carbocycles. The SMILES string of the molecule is CC.CC(C)C(=O)CCC(=O)N(C)C. The molecule has 3 heteroatoms. The average Bonchev–Trinajstić information content (AvgIpc) is 2.16. The average molecular weight is 201 g/mol. The lowest BCUT2D eigenvalue weighted by molar-refractivity contribution is -0.131. The number of rotatable bonds is 4. The van der Waals surface area contributed by atoms with E-state index in [1.807, 2.05) is 27.7 Å². The first kappa shape index (κ1) is 15.6. The van der Waals surface area contributed by atoms with Crippen LogP contribution in [0.3, 0.4) is 0 Å². The Kier molecular flexibility index (Phi) is 9.73. The van der Waals surface area contributed by atoms with Gasteiger partial charge in [-0.1, -0.05) is 27.7 Å². The summed E-state index contributed by atoms with van der Waals surface area (Å²) in [6.07, 6.45) is 0.707. The van der Waals surface area contributed by atoms with Gasteiger partial charge in [0, 0.05) is 32.9 Å². The minimum absolute atomic E-state index is 0.0176. The van der Waals surface area contributed by atoms with Crippen molar-refractivity contribution >= 4 is 11.7 Å². The maximum Gasteiger partial charge on any atom is 0.222 e. The lowest BCUT2D eigenvalue weighted by atomic mass is 10.0. The number of carbonyl (C=O) groups is 2. The molecule has 0 aliphatic heterocycles. The van der Waals surface area contributed by atoms with Gasteiger partial charge in [0.1, 0.15) is 5.78 Å². The quantitative estimate of drug-likeness (QED) is 0.698. The Hall–Kier alpha value is -0.860. The zero-order chi connectivity index (χ0) is 11.7. The molecule has 0 aliphatic carbocycles. The molecule has 14 heavy (non-hydrogen) atoms. The standard InChI is InChI=1S/C9H17NO2.C2H6/c1-7(2)8(11)5-6-9(12)10(3)4;1-2/h7H,5-6H2,1-4H3;1-2H3. The van der Waals surface area contributed by atoms with Crippen molar-refractivity contribution in [3.8, 4) is 0 Å². The molecule has 3 nitrogen and oxygen atoms in total. The van der Waals surface area contributed by atoms with Gasteiger partial charge in [0.05, 0.1) is 0 Å². The highest BCUT2D eigenvalue weighted by Gasteiger charge is 2.10. The van der Waals surface area contributed by atoms with E-state index in [4.69, 9.17) is 0 Å². The number of hydrogen-bond acceptors (Lipinski definition) is 2. The van der Waals surface area contributed by atoms with E-state index in [9.17, 15) is 9.59 Å². The zero-order valence-electron chi connectivity index (χ0n) is 10.3. The highest BCUT2D eigenvalue weighted by Crippen LogP contribution is 2.02. The van der Waals surface area contributed by atoms with Gasteiger partial charge in [0.2, 0.25) is 5.91 Å². The molecule has 0 aromatic rings. The lowest BCUT2D eigenvalue weighted by Crippen LogP contribution is -2.22. The van der Waals surface area contributed by atoms with Gasteiger partial charge in [-0.3, -0.25) is 9.59 Å². The Bertz CT molecular complexity index is 154. The van der Waals surface area contributed by atoms with E-state index in [0.29, 0.717) is 12.8 Å². The van der Waals surface area contributed by atoms with Crippen molar-refractivity contribution < 1.29 is 9.59 Å². The first-order chi connectivity index (χ1) is 6.45. The monoisotopic (exact) mass is 201 g/mol. The number of nitrogens with zero attached hydrogens (tertiary/aromatic N) is 1. The fourth-order valence-corrected chi connectivity index (χ4v) is 0.742. The molecule has 0 radical (unpaired) electrons. The Balaban J connectivity index is 0. The largest absolute Gasteiger partial charge is 0.349 e. The molecule has 0 aliphatic rings. The molecule has 84 valence electrons. The molecule has 0 saturated heterocycles. The molecule has 0 bridgehead atoms. The maximum atomic E-state index is 11.1. The highest BCUT2D eigenvalue weighted by atomic mass is 16.2. The van der Waals surface area contributed by atoms with Crippen LogP contribution in [0.25, 0.3) is 0 Å². The molecule has 0 fully saturated rings. The summed E-state index contributed by atoms with van der Waals surface area (Å²) in [6, 6.07) is 0. The van der Waals surface area contributed by atoms with E-state index in [-0.39, 0.29) is 17.6 Å². The summed E-state index contributed by atoms with van der Waals surface area (Å²) in [7, 11) is 3.39. The predicted molar refractivity (Wildman–Crippen MR) is 59.1 cm³/mol. The van der Waals surface area contributed by atoms with E-state index in [0.717, 1.165) is 0 Å².